The van der Waals surface area contributed by atoms with Gasteiger partial charge < -0.3 is 5.32 Å². The molecule has 0 fully saturated rings. The summed E-state index contributed by atoms with van der Waals surface area (Å²) in [7, 11) is 0. The Bertz CT molecular complexity index is 631. The lowest BCUT2D eigenvalue weighted by molar-refractivity contribution is -0.116. The average molecular weight is 322 g/mol. The van der Waals surface area contributed by atoms with Crippen molar-refractivity contribution < 1.29 is 4.79 Å². The van der Waals surface area contributed by atoms with Crippen molar-refractivity contribution in [2.24, 2.45) is 0 Å². The number of amides is 1. The Labute approximate surface area is 132 Å². The van der Waals surface area contributed by atoms with Crippen LogP contribution in [-0.2, 0) is 11.2 Å². The Kier molecular flexibility index (Phi) is 5.30. The van der Waals surface area contributed by atoms with E-state index in [0.717, 1.165) is 27.8 Å². The zero-order valence-electron chi connectivity index (χ0n) is 12.6. The molecule has 5 nitrogen and oxygen atoms in total. The Balaban J connectivity index is 1.98. The maximum Gasteiger partial charge on any atom is 0.226 e. The molecule has 0 aromatic carbocycles. The second-order valence-corrected chi connectivity index (χ2v) is 6.33. The number of rotatable bonds is 5. The third-order valence-corrected chi connectivity index (χ3v) is 4.47. The van der Waals surface area contributed by atoms with E-state index in [4.69, 9.17) is 0 Å². The van der Waals surface area contributed by atoms with Gasteiger partial charge >= 0.3 is 0 Å². The Morgan fingerprint density at radius 3 is 2.43 bits per heavy atom. The quantitative estimate of drug-likeness (QED) is 0.676. The minimum atomic E-state index is -0.0305. The molecule has 2 rings (SSSR count). The van der Waals surface area contributed by atoms with E-state index in [2.05, 4.69) is 20.3 Å². The first kappa shape index (κ1) is 15.9. The normalized spacial score (nSPS) is 10.7. The average Bonchev–Trinajstić information content (AvgIpc) is 2.82. The molecule has 0 saturated carbocycles. The van der Waals surface area contributed by atoms with E-state index in [-0.39, 0.29) is 5.91 Å². The summed E-state index contributed by atoms with van der Waals surface area (Å²) in [6, 6.07) is 0. The molecule has 7 heteroatoms. The lowest BCUT2D eigenvalue weighted by Gasteiger charge is -2.09. The van der Waals surface area contributed by atoms with Crippen molar-refractivity contribution in [2.45, 2.75) is 38.8 Å². The Morgan fingerprint density at radius 2 is 1.90 bits per heavy atom. The van der Waals surface area contributed by atoms with Gasteiger partial charge in [-0.15, -0.1) is 11.3 Å². The van der Waals surface area contributed by atoms with Crippen LogP contribution >= 0.6 is 23.1 Å². The van der Waals surface area contributed by atoms with E-state index in [1.807, 2.05) is 32.4 Å². The molecule has 1 amide bonds. The molecule has 112 valence electrons. The van der Waals surface area contributed by atoms with Gasteiger partial charge in [-0.1, -0.05) is 11.8 Å². The molecule has 2 aromatic heterocycles. The second-order valence-electron chi connectivity index (χ2n) is 4.70. The van der Waals surface area contributed by atoms with Crippen molar-refractivity contribution in [3.8, 4) is 0 Å². The van der Waals surface area contributed by atoms with Crippen molar-refractivity contribution in [3.05, 3.63) is 28.0 Å². The summed E-state index contributed by atoms with van der Waals surface area (Å²) in [4.78, 5) is 25.0. The maximum atomic E-state index is 12.0. The van der Waals surface area contributed by atoms with Crippen molar-refractivity contribution in [2.75, 3.05) is 11.6 Å². The van der Waals surface area contributed by atoms with Crippen LogP contribution in [0.4, 0.5) is 5.13 Å². The predicted molar refractivity (Wildman–Crippen MR) is 87.1 cm³/mol. The first-order valence-corrected chi connectivity index (χ1v) is 8.70. The van der Waals surface area contributed by atoms with Crippen molar-refractivity contribution in [3.63, 3.8) is 0 Å². The van der Waals surface area contributed by atoms with E-state index in [9.17, 15) is 4.79 Å². The molecule has 1 N–H and O–H groups in total. The van der Waals surface area contributed by atoms with Gasteiger partial charge in [0.15, 0.2) is 10.3 Å². The molecular formula is C14H18N4OS2. The van der Waals surface area contributed by atoms with Crippen LogP contribution in [0.1, 0.15) is 29.1 Å². The summed E-state index contributed by atoms with van der Waals surface area (Å²) < 4.78 is 0. The molecule has 0 saturated heterocycles. The predicted octanol–water partition coefficient (Wildman–Crippen LogP) is 3.15. The largest absolute Gasteiger partial charge is 0.302 e. The van der Waals surface area contributed by atoms with Gasteiger partial charge in [-0.3, -0.25) is 4.79 Å². The van der Waals surface area contributed by atoms with Crippen LogP contribution in [0.5, 0.6) is 0 Å². The summed E-state index contributed by atoms with van der Waals surface area (Å²) in [5.74, 6) is -0.0305. The molecule has 21 heavy (non-hydrogen) atoms. The van der Waals surface area contributed by atoms with Crippen LogP contribution < -0.4 is 5.32 Å². The summed E-state index contributed by atoms with van der Waals surface area (Å²) in [5.41, 5.74) is 3.87. The van der Waals surface area contributed by atoms with Gasteiger partial charge in [0.2, 0.25) is 5.91 Å². The zero-order chi connectivity index (χ0) is 15.4. The van der Waals surface area contributed by atoms with Crippen LogP contribution in [0.15, 0.2) is 10.5 Å². The van der Waals surface area contributed by atoms with Crippen LogP contribution in [0, 0.1) is 20.8 Å². The number of hydrogen-bond acceptors (Lipinski definition) is 6. The lowest BCUT2D eigenvalue weighted by atomic mass is 10.1. The van der Waals surface area contributed by atoms with Crippen LogP contribution in [0.2, 0.25) is 0 Å². The number of nitrogens with one attached hydrogen (secondary N) is 1. The van der Waals surface area contributed by atoms with Crippen LogP contribution in [0.3, 0.4) is 0 Å². The molecule has 0 unspecified atom stereocenters. The summed E-state index contributed by atoms with van der Waals surface area (Å²) >= 11 is 2.97. The molecule has 0 atom stereocenters. The van der Waals surface area contributed by atoms with Gasteiger partial charge in [-0.25, -0.2) is 15.0 Å². The molecule has 0 bridgehead atoms. The van der Waals surface area contributed by atoms with Gasteiger partial charge in [-0.2, -0.15) is 0 Å². The second kappa shape index (κ2) is 7.00. The molecule has 2 heterocycles. The number of anilines is 1. The van der Waals surface area contributed by atoms with Crippen molar-refractivity contribution >= 4 is 34.1 Å². The van der Waals surface area contributed by atoms with E-state index in [1.54, 1.807) is 0 Å². The minimum Gasteiger partial charge on any atom is -0.302 e. The number of thioether (sulfide) groups is 1. The Morgan fingerprint density at radius 1 is 1.24 bits per heavy atom. The van der Waals surface area contributed by atoms with E-state index in [0.29, 0.717) is 18.0 Å². The van der Waals surface area contributed by atoms with Gasteiger partial charge in [0.05, 0.1) is 5.69 Å². The highest BCUT2D eigenvalue weighted by molar-refractivity contribution is 7.98. The molecule has 0 aliphatic rings. The van der Waals surface area contributed by atoms with Crippen molar-refractivity contribution in [1.29, 1.82) is 0 Å². The molecule has 0 radical (unpaired) electrons. The fraction of sp³-hybridized carbons (Fsp3) is 0.429. The topological polar surface area (TPSA) is 67.8 Å². The maximum absolute atomic E-state index is 12.0. The summed E-state index contributed by atoms with van der Waals surface area (Å²) in [5, 5.41) is 6.16. The number of aryl methyl sites for hydroxylation is 3. The zero-order valence-corrected chi connectivity index (χ0v) is 14.2. The number of carbonyl (C=O) groups is 1. The molecule has 0 aliphatic carbocycles. The third-order valence-electron chi connectivity index (χ3n) is 3.05. The van der Waals surface area contributed by atoms with Crippen LogP contribution in [-0.4, -0.2) is 27.1 Å². The van der Waals surface area contributed by atoms with E-state index in [1.165, 1.54) is 23.1 Å². The number of aromatic nitrogens is 3. The summed E-state index contributed by atoms with van der Waals surface area (Å²) in [6.07, 6.45) is 3.00. The highest BCUT2D eigenvalue weighted by Crippen LogP contribution is 2.18. The SMILES string of the molecule is CSc1nc(C)c(CCC(=O)Nc2nc(C)cs2)c(C)n1. The first-order valence-electron chi connectivity index (χ1n) is 6.59. The Hall–Kier alpha value is -1.47. The highest BCUT2D eigenvalue weighted by atomic mass is 32.2. The number of nitrogens with zero attached hydrogens (tertiary/aromatic N) is 3. The fourth-order valence-corrected chi connectivity index (χ4v) is 3.15. The fourth-order valence-electron chi connectivity index (χ4n) is 1.99. The van der Waals surface area contributed by atoms with Gasteiger partial charge in [0, 0.05) is 23.2 Å². The summed E-state index contributed by atoms with van der Waals surface area (Å²) in [6.45, 7) is 5.83. The molecular weight excluding hydrogens is 304 g/mol. The lowest BCUT2D eigenvalue weighted by Crippen LogP contribution is -2.13. The van der Waals surface area contributed by atoms with Crippen molar-refractivity contribution in [1.82, 2.24) is 15.0 Å². The third kappa shape index (κ3) is 4.25. The molecule has 0 spiro atoms. The number of carbonyl (C=O) groups excluding carboxylic acids is 1. The monoisotopic (exact) mass is 322 g/mol. The first-order chi connectivity index (χ1) is 9.99. The van der Waals surface area contributed by atoms with E-state index >= 15 is 0 Å². The van der Waals surface area contributed by atoms with Gasteiger partial charge in [-0.05, 0) is 39.0 Å². The standard InChI is InChI=1S/C14H18N4OS2/c1-8-7-21-14(15-8)18-12(19)6-5-11-9(2)16-13(20-4)17-10(11)3/h7H,5-6H2,1-4H3,(H,15,18,19). The molecule has 2 aromatic rings. The number of hydrogen-bond donors (Lipinski definition) is 1. The smallest absolute Gasteiger partial charge is 0.226 e. The molecule has 0 aliphatic heterocycles. The van der Waals surface area contributed by atoms with Crippen LogP contribution in [0.25, 0.3) is 0 Å². The highest BCUT2D eigenvalue weighted by Gasteiger charge is 2.11. The number of thiazole rings is 1. The van der Waals surface area contributed by atoms with Gasteiger partial charge in [0.1, 0.15) is 0 Å². The van der Waals surface area contributed by atoms with E-state index < -0.39 is 0 Å². The van der Waals surface area contributed by atoms with Gasteiger partial charge in [0.25, 0.3) is 0 Å². The minimum absolute atomic E-state index is 0.0305.